The van der Waals surface area contributed by atoms with Crippen LogP contribution in [0.15, 0.2) is 60.7 Å². The van der Waals surface area contributed by atoms with Crippen molar-refractivity contribution in [3.63, 3.8) is 0 Å². The average molecular weight is 456 g/mol. The Morgan fingerprint density at radius 2 is 1.76 bits per heavy atom. The van der Waals surface area contributed by atoms with Gasteiger partial charge in [-0.05, 0) is 62.8 Å². The number of ketones is 1. The maximum Gasteiger partial charge on any atom is 0.325 e. The average Bonchev–Trinajstić information content (AvgIpc) is 3.27. The molecule has 1 saturated heterocycles. The van der Waals surface area contributed by atoms with Gasteiger partial charge in [-0.25, -0.2) is 4.79 Å². The van der Waals surface area contributed by atoms with Gasteiger partial charge >= 0.3 is 6.03 Å². The summed E-state index contributed by atoms with van der Waals surface area (Å²) in [7, 11) is 0. The fourth-order valence-corrected chi connectivity index (χ4v) is 5.72. The smallest absolute Gasteiger partial charge is 0.325 e. The number of imide groups is 1. The topological polar surface area (TPSA) is 71.4 Å². The van der Waals surface area contributed by atoms with Crippen molar-refractivity contribution in [2.24, 2.45) is 0 Å². The van der Waals surface area contributed by atoms with E-state index in [1.165, 1.54) is 0 Å². The van der Waals surface area contributed by atoms with Crippen LogP contribution < -0.4 is 5.32 Å². The van der Waals surface area contributed by atoms with Crippen molar-refractivity contribution < 1.29 is 14.4 Å². The van der Waals surface area contributed by atoms with Gasteiger partial charge in [0.05, 0.1) is 12.6 Å². The molecule has 6 nitrogen and oxygen atoms in total. The molecule has 1 aliphatic carbocycles. The molecule has 1 spiro atoms. The summed E-state index contributed by atoms with van der Waals surface area (Å²) in [5, 5.41) is 2.93. The highest BCUT2D eigenvalue weighted by molar-refractivity contribution is 6.12. The number of aromatic nitrogens is 1. The van der Waals surface area contributed by atoms with Crippen molar-refractivity contribution in [1.82, 2.24) is 14.8 Å². The van der Waals surface area contributed by atoms with E-state index in [1.807, 2.05) is 62.4 Å². The largest absolute Gasteiger partial charge is 0.341 e. The Morgan fingerprint density at radius 3 is 2.53 bits per heavy atom. The molecular formula is C28H29N3O3. The molecule has 1 aromatic heterocycles. The first kappa shape index (κ1) is 22.1. The van der Waals surface area contributed by atoms with Crippen LogP contribution in [-0.4, -0.2) is 33.7 Å². The summed E-state index contributed by atoms with van der Waals surface area (Å²) >= 11 is 0. The number of Topliss-reactive ketones (excluding diaryl/α,β-unsaturated/α-hetero) is 1. The van der Waals surface area contributed by atoms with E-state index >= 15 is 0 Å². The number of aryl methyl sites for hydroxylation is 2. The number of urea groups is 1. The van der Waals surface area contributed by atoms with Crippen LogP contribution in [0.3, 0.4) is 0 Å². The number of nitrogens with one attached hydrogen (secondary N) is 1. The molecule has 3 aromatic rings. The van der Waals surface area contributed by atoms with Gasteiger partial charge in [0.1, 0.15) is 5.54 Å². The second-order valence-corrected chi connectivity index (χ2v) is 9.40. The lowest BCUT2D eigenvalue weighted by molar-refractivity contribution is -0.131. The molecule has 2 aromatic carbocycles. The molecule has 3 amide bonds. The number of benzene rings is 2. The molecule has 1 aliphatic heterocycles. The highest BCUT2D eigenvalue weighted by Gasteiger charge is 2.54. The minimum Gasteiger partial charge on any atom is -0.341 e. The molecule has 2 heterocycles. The monoisotopic (exact) mass is 455 g/mol. The number of carbonyl (C=O) groups is 3. The van der Waals surface area contributed by atoms with Crippen LogP contribution >= 0.6 is 0 Å². The first-order valence-electron chi connectivity index (χ1n) is 11.8. The van der Waals surface area contributed by atoms with E-state index in [2.05, 4.69) is 28.9 Å². The molecule has 0 radical (unpaired) electrons. The molecule has 0 unspecified atom stereocenters. The van der Waals surface area contributed by atoms with Crippen LogP contribution in [0.4, 0.5) is 4.79 Å². The van der Waals surface area contributed by atoms with E-state index in [0.717, 1.165) is 45.8 Å². The number of amides is 3. The van der Waals surface area contributed by atoms with Crippen LogP contribution in [0.2, 0.25) is 0 Å². The van der Waals surface area contributed by atoms with Crippen LogP contribution in [-0.2, 0) is 16.8 Å². The predicted octanol–water partition coefficient (Wildman–Crippen LogP) is 4.68. The third-order valence-electron chi connectivity index (χ3n) is 7.41. The molecule has 6 heteroatoms. The number of rotatable bonds is 5. The van der Waals surface area contributed by atoms with Crippen LogP contribution in [0.25, 0.3) is 0 Å². The van der Waals surface area contributed by atoms with Crippen molar-refractivity contribution in [2.75, 3.05) is 6.54 Å². The van der Waals surface area contributed by atoms with E-state index in [-0.39, 0.29) is 24.3 Å². The zero-order valence-corrected chi connectivity index (χ0v) is 19.8. The van der Waals surface area contributed by atoms with E-state index < -0.39 is 11.6 Å². The zero-order chi connectivity index (χ0) is 24.0. The maximum absolute atomic E-state index is 13.6. The molecule has 34 heavy (non-hydrogen) atoms. The minimum atomic E-state index is -1.06. The Labute approximate surface area is 199 Å². The third-order valence-corrected chi connectivity index (χ3v) is 7.41. The van der Waals surface area contributed by atoms with Crippen LogP contribution in [0.5, 0.6) is 0 Å². The third kappa shape index (κ3) is 3.36. The van der Waals surface area contributed by atoms with Crippen molar-refractivity contribution in [1.29, 1.82) is 0 Å². The van der Waals surface area contributed by atoms with Crippen molar-refractivity contribution in [3.05, 3.63) is 94.3 Å². The Hall–Kier alpha value is -3.67. The number of fused-ring (bicyclic) bond motifs is 2. The molecule has 2 atom stereocenters. The number of hydrogen-bond donors (Lipinski definition) is 1. The molecule has 0 saturated carbocycles. The number of carbonyl (C=O) groups excluding carboxylic acids is 3. The second-order valence-electron chi connectivity index (χ2n) is 9.40. The highest BCUT2D eigenvalue weighted by atomic mass is 16.2. The van der Waals surface area contributed by atoms with Gasteiger partial charge in [0, 0.05) is 17.0 Å². The second kappa shape index (κ2) is 8.28. The first-order valence-corrected chi connectivity index (χ1v) is 11.8. The summed E-state index contributed by atoms with van der Waals surface area (Å²) in [5.41, 5.74) is 4.36. The van der Waals surface area contributed by atoms with Gasteiger partial charge in [-0.2, -0.15) is 0 Å². The zero-order valence-electron chi connectivity index (χ0n) is 19.8. The minimum absolute atomic E-state index is 0.0569. The van der Waals surface area contributed by atoms with Crippen molar-refractivity contribution in [3.8, 4) is 0 Å². The van der Waals surface area contributed by atoms with Gasteiger partial charge in [0.15, 0.2) is 5.78 Å². The Kier molecular flexibility index (Phi) is 5.39. The Bertz CT molecular complexity index is 1290. The molecule has 0 bridgehead atoms. The number of hydrogen-bond acceptors (Lipinski definition) is 3. The van der Waals surface area contributed by atoms with Crippen LogP contribution in [0.1, 0.15) is 64.2 Å². The SMILES string of the molecule is Cc1cc(C(=O)CN2C(=O)N[C@]3(CCCc4ccccc43)C2=O)c(C)n1[C@@H](C)c1ccccc1. The molecule has 174 valence electrons. The fourth-order valence-electron chi connectivity index (χ4n) is 5.72. The lowest BCUT2D eigenvalue weighted by Gasteiger charge is -2.33. The van der Waals surface area contributed by atoms with Gasteiger partial charge in [-0.15, -0.1) is 0 Å². The van der Waals surface area contributed by atoms with Gasteiger partial charge in [0.2, 0.25) is 0 Å². The summed E-state index contributed by atoms with van der Waals surface area (Å²) in [4.78, 5) is 40.9. The molecule has 5 rings (SSSR count). The van der Waals surface area contributed by atoms with Gasteiger partial charge in [-0.1, -0.05) is 54.6 Å². The molecule has 2 aliphatic rings. The lowest BCUT2D eigenvalue weighted by Crippen LogP contribution is -2.46. The van der Waals surface area contributed by atoms with Crippen LogP contribution in [0, 0.1) is 13.8 Å². The van der Waals surface area contributed by atoms with Gasteiger partial charge in [0.25, 0.3) is 5.91 Å². The normalized spacial score (nSPS) is 20.4. The Balaban J connectivity index is 1.42. The van der Waals surface area contributed by atoms with Gasteiger partial charge < -0.3 is 9.88 Å². The lowest BCUT2D eigenvalue weighted by atomic mass is 9.76. The van der Waals surface area contributed by atoms with E-state index in [9.17, 15) is 14.4 Å². The summed E-state index contributed by atoms with van der Waals surface area (Å²) in [6, 6.07) is 19.3. The molecule has 1 fully saturated rings. The summed E-state index contributed by atoms with van der Waals surface area (Å²) in [6.45, 7) is 5.74. The maximum atomic E-state index is 13.6. The predicted molar refractivity (Wildman–Crippen MR) is 130 cm³/mol. The van der Waals surface area contributed by atoms with Crippen molar-refractivity contribution >= 4 is 17.7 Å². The quantitative estimate of drug-likeness (QED) is 0.449. The summed E-state index contributed by atoms with van der Waals surface area (Å²) in [6.07, 6.45) is 2.23. The Morgan fingerprint density at radius 1 is 1.06 bits per heavy atom. The standard InChI is InChI=1S/C28H29N3O3/c1-18-16-23(20(3)31(18)19(2)21-10-5-4-6-11-21)25(32)17-30-26(33)28(29-27(30)34)15-9-13-22-12-7-8-14-24(22)28/h4-8,10-12,14,16,19H,9,13,15,17H2,1-3H3,(H,29,34)/t19-,28-/m0/s1. The molecule has 1 N–H and O–H groups in total. The fraction of sp³-hybridized carbons (Fsp3) is 0.321. The van der Waals surface area contributed by atoms with E-state index in [0.29, 0.717) is 12.0 Å². The summed E-state index contributed by atoms with van der Waals surface area (Å²) in [5.74, 6) is -0.561. The van der Waals surface area contributed by atoms with Gasteiger partial charge in [-0.3, -0.25) is 14.5 Å². The highest BCUT2D eigenvalue weighted by Crippen LogP contribution is 2.40. The van der Waals surface area contributed by atoms with E-state index in [1.54, 1.807) is 0 Å². The van der Waals surface area contributed by atoms with E-state index in [4.69, 9.17) is 0 Å². The first-order chi connectivity index (χ1) is 16.3. The molecular weight excluding hydrogens is 426 g/mol. The van der Waals surface area contributed by atoms with Crippen molar-refractivity contribution in [2.45, 2.75) is 51.6 Å². The summed E-state index contributed by atoms with van der Waals surface area (Å²) < 4.78 is 2.13. The number of nitrogens with zero attached hydrogens (tertiary/aromatic N) is 2.